The molecule has 32 heavy (non-hydrogen) atoms. The van der Waals surface area contributed by atoms with Crippen LogP contribution >= 0.6 is 11.6 Å². The topological polar surface area (TPSA) is 83.7 Å². The lowest BCUT2D eigenvalue weighted by molar-refractivity contribution is -0.122. The first-order chi connectivity index (χ1) is 15.4. The SMILES string of the molecule is C=NOC(=NCc1ccc(OC(C)C)c(Cl)c1)c1ccc(CN2CCC2C)cc1.O=CO. The van der Waals surface area contributed by atoms with Crippen molar-refractivity contribution in [2.45, 2.75) is 52.4 Å². The van der Waals surface area contributed by atoms with Gasteiger partial charge in [0.25, 0.3) is 12.4 Å². The van der Waals surface area contributed by atoms with Gasteiger partial charge in [-0.25, -0.2) is 4.99 Å². The van der Waals surface area contributed by atoms with Gasteiger partial charge in [-0.2, -0.15) is 0 Å². The number of likely N-dealkylation sites (tertiary alicyclic amines) is 1. The second kappa shape index (κ2) is 12.8. The molecule has 0 bridgehead atoms. The van der Waals surface area contributed by atoms with Crippen molar-refractivity contribution in [2.75, 3.05) is 6.54 Å². The van der Waals surface area contributed by atoms with Crippen LogP contribution in [0.2, 0.25) is 5.02 Å². The second-order valence-electron chi connectivity index (χ2n) is 7.68. The van der Waals surface area contributed by atoms with E-state index in [2.05, 4.69) is 40.8 Å². The van der Waals surface area contributed by atoms with Gasteiger partial charge in [0.15, 0.2) is 0 Å². The predicted molar refractivity (Wildman–Crippen MR) is 128 cm³/mol. The number of ether oxygens (including phenoxy) is 1. The summed E-state index contributed by atoms with van der Waals surface area (Å²) < 4.78 is 5.67. The molecule has 1 N–H and O–H groups in total. The lowest BCUT2D eigenvalue weighted by Crippen LogP contribution is -2.44. The van der Waals surface area contributed by atoms with Gasteiger partial charge >= 0.3 is 0 Å². The highest BCUT2D eigenvalue weighted by Crippen LogP contribution is 2.27. The third kappa shape index (κ3) is 7.66. The molecule has 0 spiro atoms. The van der Waals surface area contributed by atoms with Crippen LogP contribution in [0.1, 0.15) is 43.9 Å². The first-order valence-electron chi connectivity index (χ1n) is 10.4. The van der Waals surface area contributed by atoms with Gasteiger partial charge in [0.1, 0.15) is 5.75 Å². The highest BCUT2D eigenvalue weighted by atomic mass is 35.5. The highest BCUT2D eigenvalue weighted by molar-refractivity contribution is 6.32. The predicted octanol–water partition coefficient (Wildman–Crippen LogP) is 5.00. The summed E-state index contributed by atoms with van der Waals surface area (Å²) in [7, 11) is 0. The third-order valence-electron chi connectivity index (χ3n) is 4.96. The first kappa shape index (κ1) is 25.4. The number of halogens is 1. The first-order valence-corrected chi connectivity index (χ1v) is 10.8. The van der Waals surface area contributed by atoms with E-state index >= 15 is 0 Å². The number of hydrogen-bond acceptors (Lipinski definition) is 6. The van der Waals surface area contributed by atoms with E-state index in [1.165, 1.54) is 18.5 Å². The molecule has 3 rings (SSSR count). The summed E-state index contributed by atoms with van der Waals surface area (Å²) in [5, 5.41) is 11.0. The van der Waals surface area contributed by atoms with Crippen LogP contribution in [0.15, 0.2) is 52.6 Å². The molecule has 1 unspecified atom stereocenters. The Morgan fingerprint density at radius 2 is 1.94 bits per heavy atom. The molecule has 0 saturated carbocycles. The standard InChI is InChI=1S/C23H28ClN3O2.CH2O2/c1-16(2)28-22-10-7-19(13-21(22)24)14-26-23(29-25-4)20-8-5-18(6-9-20)15-27-12-11-17(27)3;2-1-3/h5-10,13,16-17H,4,11-12,14-15H2,1-3H3;1H,(H,2,3). The number of aliphatic imine (C=N–C) groups is 1. The summed E-state index contributed by atoms with van der Waals surface area (Å²) >= 11 is 6.32. The van der Waals surface area contributed by atoms with Gasteiger partial charge in [0.2, 0.25) is 0 Å². The molecule has 1 aliphatic rings. The quantitative estimate of drug-likeness (QED) is 0.260. The van der Waals surface area contributed by atoms with Crippen molar-refractivity contribution in [1.29, 1.82) is 0 Å². The highest BCUT2D eigenvalue weighted by Gasteiger charge is 2.23. The van der Waals surface area contributed by atoms with Gasteiger partial charge in [0, 0.05) is 31.4 Å². The van der Waals surface area contributed by atoms with Crippen molar-refractivity contribution < 1.29 is 19.5 Å². The van der Waals surface area contributed by atoms with E-state index in [9.17, 15) is 0 Å². The van der Waals surface area contributed by atoms with Crippen LogP contribution in [0, 0.1) is 0 Å². The zero-order valence-electron chi connectivity index (χ0n) is 18.7. The summed E-state index contributed by atoms with van der Waals surface area (Å²) in [5.74, 6) is 1.10. The van der Waals surface area contributed by atoms with E-state index < -0.39 is 0 Å². The van der Waals surface area contributed by atoms with Crippen molar-refractivity contribution >= 4 is 30.7 Å². The van der Waals surface area contributed by atoms with Crippen LogP contribution in [0.25, 0.3) is 0 Å². The smallest absolute Gasteiger partial charge is 0.290 e. The molecule has 8 heteroatoms. The number of rotatable bonds is 8. The summed E-state index contributed by atoms with van der Waals surface area (Å²) in [6.45, 7) is 11.9. The van der Waals surface area contributed by atoms with Crippen LogP contribution in [-0.2, 0) is 22.7 Å². The fourth-order valence-electron chi connectivity index (χ4n) is 3.18. The molecule has 0 aliphatic carbocycles. The molecule has 1 aliphatic heterocycles. The molecule has 1 atom stereocenters. The van der Waals surface area contributed by atoms with Gasteiger partial charge in [-0.1, -0.05) is 35.0 Å². The Balaban J connectivity index is 0.00000114. The summed E-state index contributed by atoms with van der Waals surface area (Å²) in [4.78, 5) is 20.7. The number of carboxylic acid groups (broad SMARTS) is 1. The zero-order chi connectivity index (χ0) is 23.5. The fraction of sp³-hybridized carbons (Fsp3) is 0.375. The van der Waals surface area contributed by atoms with E-state index in [-0.39, 0.29) is 12.6 Å². The van der Waals surface area contributed by atoms with Crippen molar-refractivity contribution in [3.05, 3.63) is 64.2 Å². The molecule has 172 valence electrons. The van der Waals surface area contributed by atoms with Crippen LogP contribution in [0.5, 0.6) is 5.75 Å². The van der Waals surface area contributed by atoms with Gasteiger partial charge in [0.05, 0.1) is 17.7 Å². The monoisotopic (exact) mass is 459 g/mol. The zero-order valence-corrected chi connectivity index (χ0v) is 19.5. The average Bonchev–Trinajstić information content (AvgIpc) is 2.76. The van der Waals surface area contributed by atoms with Gasteiger partial charge in [-0.05, 0) is 62.6 Å². The molecule has 2 aromatic rings. The number of benzene rings is 2. The average molecular weight is 460 g/mol. The van der Waals surface area contributed by atoms with Crippen molar-refractivity contribution in [1.82, 2.24) is 4.90 Å². The van der Waals surface area contributed by atoms with E-state index in [0.29, 0.717) is 29.3 Å². The van der Waals surface area contributed by atoms with Crippen molar-refractivity contribution in [2.24, 2.45) is 10.1 Å². The maximum Gasteiger partial charge on any atom is 0.290 e. The number of nitrogens with zero attached hydrogens (tertiary/aromatic N) is 3. The molecule has 1 fully saturated rings. The Hall–Kier alpha value is -2.90. The molecule has 0 radical (unpaired) electrons. The lowest BCUT2D eigenvalue weighted by atomic mass is 10.0. The largest absolute Gasteiger partial charge is 0.489 e. The lowest BCUT2D eigenvalue weighted by Gasteiger charge is -2.38. The van der Waals surface area contributed by atoms with E-state index in [0.717, 1.165) is 17.7 Å². The normalized spacial score (nSPS) is 15.9. The van der Waals surface area contributed by atoms with E-state index in [1.54, 1.807) is 0 Å². The Bertz CT molecular complexity index is 916. The van der Waals surface area contributed by atoms with Crippen LogP contribution in [0.4, 0.5) is 0 Å². The summed E-state index contributed by atoms with van der Waals surface area (Å²) in [6.07, 6.45) is 1.35. The van der Waals surface area contributed by atoms with Crippen LogP contribution < -0.4 is 4.74 Å². The number of carbonyl (C=O) groups is 1. The number of oxime groups is 1. The molecule has 2 aromatic carbocycles. The van der Waals surface area contributed by atoms with E-state index in [4.69, 9.17) is 31.1 Å². The molecule has 1 heterocycles. The molecule has 0 amide bonds. The number of hydrogen-bond donors (Lipinski definition) is 1. The minimum absolute atomic E-state index is 0.0716. The van der Waals surface area contributed by atoms with Crippen molar-refractivity contribution in [3.63, 3.8) is 0 Å². The van der Waals surface area contributed by atoms with Crippen LogP contribution in [-0.4, -0.2) is 47.8 Å². The van der Waals surface area contributed by atoms with Crippen LogP contribution in [0.3, 0.4) is 0 Å². The molecule has 1 saturated heterocycles. The van der Waals surface area contributed by atoms with Crippen molar-refractivity contribution in [3.8, 4) is 5.75 Å². The Morgan fingerprint density at radius 3 is 2.44 bits per heavy atom. The molecule has 7 nitrogen and oxygen atoms in total. The fourth-order valence-corrected chi connectivity index (χ4v) is 3.43. The minimum Gasteiger partial charge on any atom is -0.489 e. The van der Waals surface area contributed by atoms with Gasteiger partial charge in [-0.3, -0.25) is 9.69 Å². The summed E-state index contributed by atoms with van der Waals surface area (Å²) in [5.41, 5.74) is 3.10. The minimum atomic E-state index is -0.250. The summed E-state index contributed by atoms with van der Waals surface area (Å²) in [6, 6.07) is 14.6. The van der Waals surface area contributed by atoms with E-state index in [1.807, 2.05) is 44.2 Å². The van der Waals surface area contributed by atoms with Gasteiger partial charge in [-0.15, -0.1) is 0 Å². The maximum atomic E-state index is 8.36. The van der Waals surface area contributed by atoms with Gasteiger partial charge < -0.3 is 14.7 Å². The Kier molecular flexibility index (Phi) is 10.2. The second-order valence-corrected chi connectivity index (χ2v) is 8.09. The maximum absolute atomic E-state index is 8.36. The molecular formula is C24H30ClN3O4. The third-order valence-corrected chi connectivity index (χ3v) is 5.25. The Labute approximate surface area is 194 Å². The molecule has 0 aromatic heterocycles. The Morgan fingerprint density at radius 1 is 1.28 bits per heavy atom. The molecular weight excluding hydrogens is 430 g/mol.